The van der Waals surface area contributed by atoms with Gasteiger partial charge in [0.2, 0.25) is 0 Å². The summed E-state index contributed by atoms with van der Waals surface area (Å²) in [7, 11) is -2.13. The van der Waals surface area contributed by atoms with Crippen LogP contribution in [0.5, 0.6) is 0 Å². The van der Waals surface area contributed by atoms with Crippen molar-refractivity contribution in [3.05, 3.63) is 48.5 Å². The molecule has 1 aliphatic carbocycles. The molecule has 2 aromatic heterocycles. The molecule has 9 heteroatoms. The molecule has 1 amide bonds. The van der Waals surface area contributed by atoms with Crippen molar-refractivity contribution in [1.29, 1.82) is 0 Å². The van der Waals surface area contributed by atoms with E-state index in [0.717, 1.165) is 12.8 Å². The maximum absolute atomic E-state index is 12.7. The Bertz CT molecular complexity index is 1160. The normalized spacial score (nSPS) is 23.4. The van der Waals surface area contributed by atoms with Crippen LogP contribution < -0.4 is 5.32 Å². The summed E-state index contributed by atoms with van der Waals surface area (Å²) in [5, 5.41) is 14.1. The van der Waals surface area contributed by atoms with E-state index in [2.05, 4.69) is 61.1 Å². The topological polar surface area (TPSA) is 102 Å². The minimum atomic E-state index is -2.13. The number of aromatic nitrogens is 4. The molecular formula is C25H35N5O3Si. The van der Waals surface area contributed by atoms with Crippen LogP contribution in [0.4, 0.5) is 5.82 Å². The number of imidazole rings is 1. The summed E-state index contributed by atoms with van der Waals surface area (Å²) in [5.41, 5.74) is 1.68. The van der Waals surface area contributed by atoms with E-state index in [-0.39, 0.29) is 29.0 Å². The summed E-state index contributed by atoms with van der Waals surface area (Å²) >= 11 is 0. The number of aliphatic hydroxyl groups excluding tert-OH is 1. The van der Waals surface area contributed by atoms with Gasteiger partial charge < -0.3 is 19.4 Å². The van der Waals surface area contributed by atoms with E-state index in [0.29, 0.717) is 22.5 Å². The number of benzene rings is 1. The number of carbonyl (C=O) groups excluding carboxylic acids is 1. The number of hydrogen-bond donors (Lipinski definition) is 2. The van der Waals surface area contributed by atoms with Crippen LogP contribution in [0.1, 0.15) is 56.9 Å². The molecule has 0 bridgehead atoms. The number of nitrogens with zero attached hydrogens (tertiary/aromatic N) is 4. The molecule has 182 valence electrons. The highest BCUT2D eigenvalue weighted by atomic mass is 28.4. The van der Waals surface area contributed by atoms with Crippen molar-refractivity contribution in [3.8, 4) is 0 Å². The molecule has 8 nitrogen and oxygen atoms in total. The van der Waals surface area contributed by atoms with Gasteiger partial charge in [0.25, 0.3) is 5.91 Å². The monoisotopic (exact) mass is 481 g/mol. The van der Waals surface area contributed by atoms with Gasteiger partial charge in [-0.25, -0.2) is 15.0 Å². The van der Waals surface area contributed by atoms with Crippen LogP contribution in [0.3, 0.4) is 0 Å². The van der Waals surface area contributed by atoms with Crippen LogP contribution in [0.25, 0.3) is 11.2 Å². The third kappa shape index (κ3) is 4.52. The third-order valence-electron chi connectivity index (χ3n) is 7.49. The molecule has 0 radical (unpaired) electrons. The number of amides is 1. The van der Waals surface area contributed by atoms with Crippen LogP contribution in [-0.4, -0.2) is 51.1 Å². The fraction of sp³-hybridized carbons (Fsp3) is 0.520. The zero-order valence-corrected chi connectivity index (χ0v) is 21.8. The Balaban J connectivity index is 1.68. The van der Waals surface area contributed by atoms with Gasteiger partial charge in [0.15, 0.2) is 25.3 Å². The van der Waals surface area contributed by atoms with Gasteiger partial charge in [0.05, 0.1) is 24.6 Å². The predicted molar refractivity (Wildman–Crippen MR) is 135 cm³/mol. The molecule has 0 saturated heterocycles. The molecular weight excluding hydrogens is 446 g/mol. The number of carbonyl (C=O) groups is 1. The van der Waals surface area contributed by atoms with Crippen molar-refractivity contribution < 1.29 is 14.3 Å². The Morgan fingerprint density at radius 3 is 2.56 bits per heavy atom. The lowest BCUT2D eigenvalue weighted by molar-refractivity contribution is 0.0136. The Labute approximate surface area is 201 Å². The first kappa shape index (κ1) is 24.5. The van der Waals surface area contributed by atoms with Gasteiger partial charge in [-0.1, -0.05) is 52.3 Å². The van der Waals surface area contributed by atoms with E-state index in [1.54, 1.807) is 18.5 Å². The van der Waals surface area contributed by atoms with Gasteiger partial charge in [-0.15, -0.1) is 0 Å². The third-order valence-corrected chi connectivity index (χ3v) is 12.0. The highest BCUT2D eigenvalue weighted by Crippen LogP contribution is 2.45. The molecule has 2 heterocycles. The zero-order chi connectivity index (χ0) is 24.7. The molecule has 0 aliphatic heterocycles. The van der Waals surface area contributed by atoms with Crippen molar-refractivity contribution in [3.63, 3.8) is 0 Å². The average molecular weight is 482 g/mol. The average Bonchev–Trinajstić information content (AvgIpc) is 3.35. The van der Waals surface area contributed by atoms with E-state index in [4.69, 9.17) is 4.43 Å². The molecule has 1 fully saturated rings. The lowest BCUT2D eigenvalue weighted by Crippen LogP contribution is -2.48. The van der Waals surface area contributed by atoms with Crippen molar-refractivity contribution in [2.45, 2.75) is 76.9 Å². The largest absolute Gasteiger partial charge is 0.409 e. The number of nitrogens with one attached hydrogen (secondary N) is 1. The number of aliphatic hydroxyl groups is 1. The Morgan fingerprint density at radius 2 is 1.91 bits per heavy atom. The first-order valence-corrected chi connectivity index (χ1v) is 14.8. The second kappa shape index (κ2) is 9.20. The summed E-state index contributed by atoms with van der Waals surface area (Å²) in [6.45, 7) is 13.1. The highest BCUT2D eigenvalue weighted by molar-refractivity contribution is 6.74. The molecule has 1 aliphatic rings. The first-order valence-electron chi connectivity index (χ1n) is 11.9. The zero-order valence-electron chi connectivity index (χ0n) is 20.8. The van der Waals surface area contributed by atoms with Gasteiger partial charge in [-0.3, -0.25) is 4.79 Å². The Morgan fingerprint density at radius 1 is 1.21 bits per heavy atom. The molecule has 34 heavy (non-hydrogen) atoms. The maximum atomic E-state index is 12.7. The summed E-state index contributed by atoms with van der Waals surface area (Å²) in [6.07, 6.45) is 3.91. The van der Waals surface area contributed by atoms with Crippen molar-refractivity contribution in [2.75, 3.05) is 5.32 Å². The van der Waals surface area contributed by atoms with Gasteiger partial charge in [0, 0.05) is 5.56 Å². The van der Waals surface area contributed by atoms with Gasteiger partial charge >= 0.3 is 0 Å². The number of fused-ring (bicyclic) bond motifs is 1. The molecule has 2 N–H and O–H groups in total. The minimum absolute atomic E-state index is 0.0234. The standard InChI is InChI=1S/C25H35N5O3Si/c1-7-16-13-18(21(20(16)31)33-34(5,6)25(2,3)4)30-15-28-19-22(26-14-27-23(19)30)29-24(32)17-11-9-8-10-12-17/h8-12,14-16,18,20-21,31H,7,13H2,1-6H3,(H,26,27,29,32). The summed E-state index contributed by atoms with van der Waals surface area (Å²) < 4.78 is 8.76. The maximum Gasteiger partial charge on any atom is 0.256 e. The van der Waals surface area contributed by atoms with Crippen LogP contribution in [0.15, 0.2) is 43.0 Å². The molecule has 1 saturated carbocycles. The lowest BCUT2D eigenvalue weighted by Gasteiger charge is -2.40. The fourth-order valence-electron chi connectivity index (χ4n) is 4.38. The van der Waals surface area contributed by atoms with Crippen LogP contribution in [0.2, 0.25) is 18.1 Å². The second-order valence-corrected chi connectivity index (χ2v) is 15.4. The van der Waals surface area contributed by atoms with Gasteiger partial charge in [0.1, 0.15) is 6.33 Å². The number of rotatable bonds is 6. The number of hydrogen-bond acceptors (Lipinski definition) is 6. The molecule has 3 aromatic rings. The van der Waals surface area contributed by atoms with E-state index in [1.165, 1.54) is 6.33 Å². The fourth-order valence-corrected chi connectivity index (χ4v) is 5.71. The SMILES string of the molecule is CCC1CC(n2cnc3c(NC(=O)c4ccccc4)ncnc32)C(O[Si](C)(C)C(C)(C)C)C1O. The van der Waals surface area contributed by atoms with Gasteiger partial charge in [-0.05, 0) is 42.6 Å². The van der Waals surface area contributed by atoms with E-state index >= 15 is 0 Å². The van der Waals surface area contributed by atoms with Crippen molar-refractivity contribution in [1.82, 2.24) is 19.5 Å². The summed E-state index contributed by atoms with van der Waals surface area (Å²) in [4.78, 5) is 26.0. The smallest absolute Gasteiger partial charge is 0.256 e. The predicted octanol–water partition coefficient (Wildman–Crippen LogP) is 4.80. The first-order chi connectivity index (χ1) is 16.0. The Kier molecular flexibility index (Phi) is 6.63. The number of anilines is 1. The van der Waals surface area contributed by atoms with Crippen LogP contribution in [0, 0.1) is 5.92 Å². The van der Waals surface area contributed by atoms with Gasteiger partial charge in [-0.2, -0.15) is 0 Å². The summed E-state index contributed by atoms with van der Waals surface area (Å²) in [5.74, 6) is 0.248. The molecule has 4 unspecified atom stereocenters. The lowest BCUT2D eigenvalue weighted by atomic mass is 10.0. The minimum Gasteiger partial charge on any atom is -0.409 e. The van der Waals surface area contributed by atoms with E-state index < -0.39 is 14.4 Å². The van der Waals surface area contributed by atoms with Crippen LogP contribution >= 0.6 is 0 Å². The van der Waals surface area contributed by atoms with Crippen molar-refractivity contribution in [2.24, 2.45) is 5.92 Å². The highest BCUT2D eigenvalue weighted by Gasteiger charge is 2.49. The molecule has 1 aromatic carbocycles. The van der Waals surface area contributed by atoms with E-state index in [9.17, 15) is 9.90 Å². The second-order valence-electron chi connectivity index (χ2n) is 10.7. The quantitative estimate of drug-likeness (QED) is 0.490. The molecule has 4 atom stereocenters. The van der Waals surface area contributed by atoms with E-state index in [1.807, 2.05) is 22.8 Å². The molecule has 4 rings (SSSR count). The van der Waals surface area contributed by atoms with Crippen LogP contribution in [-0.2, 0) is 4.43 Å². The van der Waals surface area contributed by atoms with Crippen molar-refractivity contribution >= 4 is 31.2 Å². The summed E-state index contributed by atoms with van der Waals surface area (Å²) in [6, 6.07) is 8.89. The Hall–Kier alpha value is -2.62. The molecule has 0 spiro atoms.